The van der Waals surface area contributed by atoms with E-state index in [2.05, 4.69) is 11.5 Å². The Labute approximate surface area is 79.1 Å². The van der Waals surface area contributed by atoms with Crippen LogP contribution in [-0.4, -0.2) is 39.4 Å². The van der Waals surface area contributed by atoms with Crippen LogP contribution in [0.3, 0.4) is 0 Å². The van der Waals surface area contributed by atoms with Crippen molar-refractivity contribution in [3.8, 4) is 0 Å². The molecule has 0 bridgehead atoms. The van der Waals surface area contributed by atoms with E-state index in [0.717, 1.165) is 0 Å². The van der Waals surface area contributed by atoms with Gasteiger partial charge in [0.2, 0.25) is 0 Å². The quantitative estimate of drug-likeness (QED) is 0.370. The lowest BCUT2D eigenvalue weighted by molar-refractivity contribution is -0.147. The molecule has 0 aliphatic rings. The van der Waals surface area contributed by atoms with Crippen molar-refractivity contribution in [2.24, 2.45) is 11.5 Å². The minimum atomic E-state index is -1.56. The van der Waals surface area contributed by atoms with Gasteiger partial charge in [-0.15, -0.1) is 0 Å². The topological polar surface area (TPSA) is 164 Å². The number of hydrogen-bond donors (Lipinski definition) is 5. The number of urea groups is 1. The molecule has 82 valence electrons. The van der Waals surface area contributed by atoms with Crippen molar-refractivity contribution >= 4 is 18.0 Å². The van der Waals surface area contributed by atoms with Gasteiger partial charge in [-0.25, -0.2) is 9.59 Å². The summed E-state index contributed by atoms with van der Waals surface area (Å²) < 4.78 is 0. The molecule has 8 heteroatoms. The van der Waals surface area contributed by atoms with Gasteiger partial charge < -0.3 is 26.8 Å². The zero-order valence-corrected chi connectivity index (χ0v) is 7.21. The normalized spacial score (nSPS) is 10.6. The maximum absolute atomic E-state index is 9.87. The first-order valence-corrected chi connectivity index (χ1v) is 3.45. The van der Waals surface area contributed by atoms with Crippen LogP contribution >= 0.6 is 0 Å². The van der Waals surface area contributed by atoms with Crippen molar-refractivity contribution in [1.29, 1.82) is 0 Å². The highest BCUT2D eigenvalue weighted by Gasteiger charge is 2.13. The molecule has 0 aromatic heterocycles. The fraction of sp³-hybridized carbons (Fsp3) is 0.500. The predicted molar refractivity (Wildman–Crippen MR) is 44.3 cm³/mol. The van der Waals surface area contributed by atoms with Crippen LogP contribution in [-0.2, 0) is 9.59 Å². The molecule has 0 aromatic carbocycles. The lowest BCUT2D eigenvalue weighted by Crippen LogP contribution is -2.20. The molecular formula is C6H12N2O6. The number of aliphatic hydroxyl groups is 1. The van der Waals surface area contributed by atoms with Crippen molar-refractivity contribution in [2.75, 3.05) is 0 Å². The number of aliphatic hydroxyl groups excluding tert-OH is 1. The summed E-state index contributed by atoms with van der Waals surface area (Å²) in [7, 11) is 0. The monoisotopic (exact) mass is 208 g/mol. The minimum Gasteiger partial charge on any atom is -0.481 e. The van der Waals surface area contributed by atoms with Crippen molar-refractivity contribution < 1.29 is 29.7 Å². The number of nitrogens with two attached hydrogens (primary N) is 2. The first-order chi connectivity index (χ1) is 6.27. The van der Waals surface area contributed by atoms with Crippen LogP contribution in [0.15, 0.2) is 0 Å². The van der Waals surface area contributed by atoms with E-state index in [0.29, 0.717) is 0 Å². The lowest BCUT2D eigenvalue weighted by atomic mass is 10.2. The average Bonchev–Trinajstić information content (AvgIpc) is 1.98. The Morgan fingerprint density at radius 1 is 1.14 bits per heavy atom. The van der Waals surface area contributed by atoms with Gasteiger partial charge in [0, 0.05) is 6.42 Å². The molecule has 0 heterocycles. The molecule has 1 atom stereocenters. The third kappa shape index (κ3) is 16.6. The highest BCUT2D eigenvalue weighted by atomic mass is 16.4. The SMILES string of the molecule is NC(N)=O.O=C(O)CCC(O)C(=O)O. The standard InChI is InChI=1S/C5H8O5.CH4N2O/c6-3(5(9)10)1-2-4(7)8;2-1(3)4/h3,6H,1-2H2,(H,7,8)(H,9,10);(H4,2,3,4). The molecule has 0 fully saturated rings. The van der Waals surface area contributed by atoms with Gasteiger partial charge in [0.15, 0.2) is 6.10 Å². The molecule has 8 nitrogen and oxygen atoms in total. The smallest absolute Gasteiger partial charge is 0.332 e. The number of carbonyl (C=O) groups is 3. The molecule has 0 aliphatic heterocycles. The molecule has 7 N–H and O–H groups in total. The first-order valence-electron chi connectivity index (χ1n) is 3.45. The van der Waals surface area contributed by atoms with Crippen LogP contribution in [0.25, 0.3) is 0 Å². The Kier molecular flexibility index (Phi) is 8.18. The third-order valence-electron chi connectivity index (χ3n) is 0.917. The van der Waals surface area contributed by atoms with Crippen LogP contribution in [0.5, 0.6) is 0 Å². The molecular weight excluding hydrogens is 196 g/mol. The predicted octanol–water partition coefficient (Wildman–Crippen LogP) is -1.68. The Balaban J connectivity index is 0. The summed E-state index contributed by atoms with van der Waals surface area (Å²) in [6.45, 7) is 0. The second-order valence-electron chi connectivity index (χ2n) is 2.19. The summed E-state index contributed by atoms with van der Waals surface area (Å²) in [6.07, 6.45) is -2.13. The van der Waals surface area contributed by atoms with E-state index >= 15 is 0 Å². The summed E-state index contributed by atoms with van der Waals surface area (Å²) >= 11 is 0. The fourth-order valence-electron chi connectivity index (χ4n) is 0.384. The number of rotatable bonds is 4. The van der Waals surface area contributed by atoms with Gasteiger partial charge in [-0.1, -0.05) is 0 Å². The summed E-state index contributed by atoms with van der Waals surface area (Å²) in [5, 5.41) is 24.6. The van der Waals surface area contributed by atoms with Gasteiger partial charge in [0.25, 0.3) is 0 Å². The Hall–Kier alpha value is -1.83. The van der Waals surface area contributed by atoms with Crippen molar-refractivity contribution in [1.82, 2.24) is 0 Å². The minimum absolute atomic E-state index is 0.245. The zero-order valence-electron chi connectivity index (χ0n) is 7.21. The van der Waals surface area contributed by atoms with Crippen LogP contribution in [0.2, 0.25) is 0 Å². The Morgan fingerprint density at radius 2 is 1.50 bits per heavy atom. The number of carboxylic acid groups (broad SMARTS) is 2. The molecule has 0 aromatic rings. The van der Waals surface area contributed by atoms with Gasteiger partial charge in [-0.3, -0.25) is 4.79 Å². The van der Waals surface area contributed by atoms with E-state index in [1.165, 1.54) is 0 Å². The Morgan fingerprint density at radius 3 is 1.71 bits per heavy atom. The Bertz CT molecular complexity index is 212. The molecule has 0 saturated carbocycles. The van der Waals surface area contributed by atoms with Crippen LogP contribution in [0, 0.1) is 0 Å². The van der Waals surface area contributed by atoms with E-state index in [1.807, 2.05) is 0 Å². The molecule has 0 radical (unpaired) electrons. The first kappa shape index (κ1) is 14.7. The van der Waals surface area contributed by atoms with Gasteiger partial charge in [0.05, 0.1) is 0 Å². The number of amides is 2. The summed E-state index contributed by atoms with van der Waals surface area (Å²) in [6, 6.07) is -0.833. The molecule has 14 heavy (non-hydrogen) atoms. The summed E-state index contributed by atoms with van der Waals surface area (Å²) in [5.41, 5.74) is 8.50. The highest BCUT2D eigenvalue weighted by Crippen LogP contribution is 1.95. The number of aliphatic carboxylic acids is 2. The molecule has 0 aliphatic carbocycles. The van der Waals surface area contributed by atoms with E-state index in [9.17, 15) is 9.59 Å². The van der Waals surface area contributed by atoms with E-state index in [1.54, 1.807) is 0 Å². The van der Waals surface area contributed by atoms with E-state index in [4.69, 9.17) is 20.1 Å². The van der Waals surface area contributed by atoms with E-state index in [-0.39, 0.29) is 12.8 Å². The van der Waals surface area contributed by atoms with Gasteiger partial charge >= 0.3 is 18.0 Å². The maximum Gasteiger partial charge on any atom is 0.332 e. The zero-order chi connectivity index (χ0) is 11.7. The largest absolute Gasteiger partial charge is 0.481 e. The van der Waals surface area contributed by atoms with Crippen LogP contribution in [0.4, 0.5) is 4.79 Å². The highest BCUT2D eigenvalue weighted by molar-refractivity contribution is 5.73. The fourth-order valence-corrected chi connectivity index (χ4v) is 0.384. The number of carbonyl (C=O) groups excluding carboxylic acids is 1. The molecule has 0 rings (SSSR count). The average molecular weight is 208 g/mol. The number of hydrogen-bond acceptors (Lipinski definition) is 4. The van der Waals surface area contributed by atoms with Crippen molar-refractivity contribution in [3.63, 3.8) is 0 Å². The van der Waals surface area contributed by atoms with Crippen molar-refractivity contribution in [2.45, 2.75) is 18.9 Å². The lowest BCUT2D eigenvalue weighted by Gasteiger charge is -2.00. The van der Waals surface area contributed by atoms with Gasteiger partial charge in [-0.05, 0) is 6.42 Å². The second-order valence-corrected chi connectivity index (χ2v) is 2.19. The number of primary amides is 2. The molecule has 0 saturated heterocycles. The van der Waals surface area contributed by atoms with Crippen LogP contribution < -0.4 is 11.5 Å². The second kappa shape index (κ2) is 7.80. The van der Waals surface area contributed by atoms with Gasteiger partial charge in [-0.2, -0.15) is 0 Å². The molecule has 1 unspecified atom stereocenters. The molecule has 2 amide bonds. The van der Waals surface area contributed by atoms with E-state index < -0.39 is 24.1 Å². The number of carboxylic acids is 2. The van der Waals surface area contributed by atoms with Gasteiger partial charge in [0.1, 0.15) is 0 Å². The van der Waals surface area contributed by atoms with Crippen molar-refractivity contribution in [3.05, 3.63) is 0 Å². The molecule has 0 spiro atoms. The maximum atomic E-state index is 9.87. The summed E-state index contributed by atoms with van der Waals surface area (Å²) in [5.74, 6) is -2.50. The van der Waals surface area contributed by atoms with Crippen LogP contribution in [0.1, 0.15) is 12.8 Å². The summed E-state index contributed by atoms with van der Waals surface area (Å²) in [4.78, 5) is 28.7. The third-order valence-corrected chi connectivity index (χ3v) is 0.917.